The number of rotatable bonds is 4. The van der Waals surface area contributed by atoms with Gasteiger partial charge in [-0.2, -0.15) is 0 Å². The van der Waals surface area contributed by atoms with Crippen LogP contribution < -0.4 is 15.8 Å². The molecule has 18 heavy (non-hydrogen) atoms. The molecule has 1 aromatic rings. The van der Waals surface area contributed by atoms with E-state index in [-0.39, 0.29) is 5.41 Å². The minimum absolute atomic E-state index is 0.115. The van der Waals surface area contributed by atoms with Crippen molar-refractivity contribution in [2.24, 2.45) is 5.41 Å². The number of hydrogen-bond acceptors (Lipinski definition) is 4. The number of nitrogen functional groups attached to an aromatic ring is 1. The second-order valence-electron chi connectivity index (χ2n) is 5.40. The van der Waals surface area contributed by atoms with E-state index in [2.05, 4.69) is 19.2 Å². The monoisotopic (exact) mass is 250 g/mol. The molecule has 2 atom stereocenters. The number of methoxy groups -OCH3 is 2. The van der Waals surface area contributed by atoms with E-state index in [0.29, 0.717) is 23.6 Å². The highest BCUT2D eigenvalue weighted by Gasteiger charge is 2.48. The second-order valence-corrected chi connectivity index (χ2v) is 5.40. The minimum atomic E-state index is 0.115. The number of para-hydroxylation sites is 1. The summed E-state index contributed by atoms with van der Waals surface area (Å²) in [6.07, 6.45) is 1.31. The molecule has 1 aliphatic rings. The van der Waals surface area contributed by atoms with Gasteiger partial charge in [-0.15, -0.1) is 0 Å². The van der Waals surface area contributed by atoms with Crippen LogP contribution in [0, 0.1) is 5.41 Å². The van der Waals surface area contributed by atoms with E-state index in [0.717, 1.165) is 12.1 Å². The zero-order chi connectivity index (χ0) is 13.3. The highest BCUT2D eigenvalue weighted by atomic mass is 16.5. The maximum absolute atomic E-state index is 6.06. The van der Waals surface area contributed by atoms with Gasteiger partial charge in [0.25, 0.3) is 0 Å². The standard InChI is InChI=1S/C14H22N2O2/c1-14(2)11(8-12(14)18-4)16-9-6-5-7-10(17-3)13(9)15/h5-7,11-12,16H,8,15H2,1-4H3. The Balaban J connectivity index is 2.12. The van der Waals surface area contributed by atoms with Crippen LogP contribution in [0.1, 0.15) is 20.3 Å². The summed E-state index contributed by atoms with van der Waals surface area (Å²) in [5.74, 6) is 0.709. The van der Waals surface area contributed by atoms with Crippen LogP contribution in [0.15, 0.2) is 18.2 Å². The summed E-state index contributed by atoms with van der Waals surface area (Å²) in [7, 11) is 3.40. The second kappa shape index (κ2) is 4.69. The lowest BCUT2D eigenvalue weighted by Crippen LogP contribution is -2.57. The van der Waals surface area contributed by atoms with Gasteiger partial charge in [0.05, 0.1) is 24.6 Å². The molecule has 0 amide bonds. The molecule has 3 N–H and O–H groups in total. The van der Waals surface area contributed by atoms with Crippen molar-refractivity contribution in [3.05, 3.63) is 18.2 Å². The molecule has 2 rings (SSSR count). The lowest BCUT2D eigenvalue weighted by atomic mass is 9.64. The van der Waals surface area contributed by atoms with Gasteiger partial charge in [0.15, 0.2) is 0 Å². The molecule has 0 bridgehead atoms. The highest BCUT2D eigenvalue weighted by Crippen LogP contribution is 2.45. The van der Waals surface area contributed by atoms with Crippen LogP contribution in [0.3, 0.4) is 0 Å². The van der Waals surface area contributed by atoms with E-state index in [1.807, 2.05) is 18.2 Å². The smallest absolute Gasteiger partial charge is 0.143 e. The van der Waals surface area contributed by atoms with Crippen molar-refractivity contribution in [2.45, 2.75) is 32.4 Å². The quantitative estimate of drug-likeness (QED) is 0.806. The summed E-state index contributed by atoms with van der Waals surface area (Å²) in [5.41, 5.74) is 7.77. The molecule has 0 aliphatic heterocycles. The van der Waals surface area contributed by atoms with Crippen LogP contribution >= 0.6 is 0 Å². The van der Waals surface area contributed by atoms with Gasteiger partial charge in [-0.25, -0.2) is 0 Å². The molecule has 1 aliphatic carbocycles. The highest BCUT2D eigenvalue weighted by molar-refractivity contribution is 5.73. The molecule has 1 aromatic carbocycles. The molecule has 0 aromatic heterocycles. The first kappa shape index (κ1) is 13.0. The third-order valence-corrected chi connectivity index (χ3v) is 4.08. The molecule has 1 saturated carbocycles. The fourth-order valence-electron chi connectivity index (χ4n) is 2.57. The minimum Gasteiger partial charge on any atom is -0.495 e. The fraction of sp³-hybridized carbons (Fsp3) is 0.571. The molecule has 2 unspecified atom stereocenters. The summed E-state index contributed by atoms with van der Waals surface area (Å²) in [4.78, 5) is 0. The van der Waals surface area contributed by atoms with Gasteiger partial charge in [-0.3, -0.25) is 0 Å². The number of hydrogen-bond donors (Lipinski definition) is 2. The molecule has 1 fully saturated rings. The van der Waals surface area contributed by atoms with Gasteiger partial charge in [-0.1, -0.05) is 19.9 Å². The predicted molar refractivity (Wildman–Crippen MR) is 74.0 cm³/mol. The van der Waals surface area contributed by atoms with Gasteiger partial charge in [-0.05, 0) is 18.6 Å². The van der Waals surface area contributed by atoms with Crippen LogP contribution in [-0.2, 0) is 4.74 Å². The number of nitrogens with two attached hydrogens (primary N) is 1. The maximum atomic E-state index is 6.06. The summed E-state index contributed by atoms with van der Waals surface area (Å²) in [6.45, 7) is 4.41. The summed E-state index contributed by atoms with van der Waals surface area (Å²) >= 11 is 0. The van der Waals surface area contributed by atoms with E-state index in [4.69, 9.17) is 15.2 Å². The molecule has 0 radical (unpaired) electrons. The van der Waals surface area contributed by atoms with Crippen LogP contribution in [0.25, 0.3) is 0 Å². The average molecular weight is 250 g/mol. The Morgan fingerprint density at radius 1 is 1.33 bits per heavy atom. The maximum Gasteiger partial charge on any atom is 0.143 e. The van der Waals surface area contributed by atoms with Gasteiger partial charge in [0, 0.05) is 18.6 Å². The number of nitrogens with one attached hydrogen (secondary N) is 1. The summed E-state index contributed by atoms with van der Waals surface area (Å²) in [6, 6.07) is 6.16. The first-order valence-electron chi connectivity index (χ1n) is 6.22. The Morgan fingerprint density at radius 3 is 2.61 bits per heavy atom. The molecule has 4 heteroatoms. The van der Waals surface area contributed by atoms with Crippen LogP contribution in [0.4, 0.5) is 11.4 Å². The van der Waals surface area contributed by atoms with Crippen molar-refractivity contribution in [2.75, 3.05) is 25.3 Å². The van der Waals surface area contributed by atoms with Crippen molar-refractivity contribution >= 4 is 11.4 Å². The van der Waals surface area contributed by atoms with Crippen LogP contribution in [-0.4, -0.2) is 26.4 Å². The zero-order valence-electron chi connectivity index (χ0n) is 11.5. The Hall–Kier alpha value is -1.42. The first-order valence-corrected chi connectivity index (χ1v) is 6.22. The van der Waals surface area contributed by atoms with E-state index in [1.54, 1.807) is 14.2 Å². The van der Waals surface area contributed by atoms with Crippen molar-refractivity contribution in [1.82, 2.24) is 0 Å². The summed E-state index contributed by atoms with van der Waals surface area (Å²) < 4.78 is 10.7. The van der Waals surface area contributed by atoms with Crippen molar-refractivity contribution in [3.63, 3.8) is 0 Å². The largest absolute Gasteiger partial charge is 0.495 e. The Bertz CT molecular complexity index is 432. The topological polar surface area (TPSA) is 56.5 Å². The fourth-order valence-corrected chi connectivity index (χ4v) is 2.57. The van der Waals surface area contributed by atoms with Gasteiger partial charge in [0.2, 0.25) is 0 Å². The molecule has 100 valence electrons. The molecule has 0 heterocycles. The van der Waals surface area contributed by atoms with Crippen molar-refractivity contribution in [3.8, 4) is 5.75 Å². The lowest BCUT2D eigenvalue weighted by molar-refractivity contribution is -0.0794. The van der Waals surface area contributed by atoms with E-state index in [1.165, 1.54) is 0 Å². The third-order valence-electron chi connectivity index (χ3n) is 4.08. The SMILES string of the molecule is COc1cccc(NC2CC(OC)C2(C)C)c1N. The van der Waals surface area contributed by atoms with E-state index < -0.39 is 0 Å². The normalized spacial score (nSPS) is 25.3. The average Bonchev–Trinajstić information content (AvgIpc) is 2.35. The van der Waals surface area contributed by atoms with E-state index >= 15 is 0 Å². The predicted octanol–water partition coefficient (Wildman–Crippen LogP) is 2.50. The molecule has 4 nitrogen and oxygen atoms in total. The summed E-state index contributed by atoms with van der Waals surface area (Å²) in [5, 5.41) is 3.49. The molecule has 0 saturated heterocycles. The zero-order valence-corrected chi connectivity index (χ0v) is 11.5. The Labute approximate surface area is 108 Å². The third kappa shape index (κ3) is 2.01. The molecular formula is C14H22N2O2. The molecule has 0 spiro atoms. The van der Waals surface area contributed by atoms with Gasteiger partial charge in [0.1, 0.15) is 5.75 Å². The van der Waals surface area contributed by atoms with E-state index in [9.17, 15) is 0 Å². The van der Waals surface area contributed by atoms with Crippen molar-refractivity contribution < 1.29 is 9.47 Å². The Morgan fingerprint density at radius 2 is 2.06 bits per heavy atom. The number of anilines is 2. The first-order chi connectivity index (χ1) is 8.50. The number of ether oxygens (including phenoxy) is 2. The lowest BCUT2D eigenvalue weighted by Gasteiger charge is -2.51. The van der Waals surface area contributed by atoms with Gasteiger partial charge < -0.3 is 20.5 Å². The van der Waals surface area contributed by atoms with Crippen molar-refractivity contribution in [1.29, 1.82) is 0 Å². The van der Waals surface area contributed by atoms with Crippen LogP contribution in [0.5, 0.6) is 5.75 Å². The van der Waals surface area contributed by atoms with Gasteiger partial charge >= 0.3 is 0 Å². The molecular weight excluding hydrogens is 228 g/mol. The Kier molecular flexibility index (Phi) is 3.39. The van der Waals surface area contributed by atoms with Crippen LogP contribution in [0.2, 0.25) is 0 Å². The number of benzene rings is 1.